The molecule has 10 heteroatoms. The van der Waals surface area contributed by atoms with Gasteiger partial charge in [0.2, 0.25) is 0 Å². The minimum atomic E-state index is -3.92. The second-order valence-corrected chi connectivity index (χ2v) is 11.0. The molecule has 0 fully saturated rings. The smallest absolute Gasteiger partial charge is 0.385 e. The predicted octanol–water partition coefficient (Wildman–Crippen LogP) is 3.69. The van der Waals surface area contributed by atoms with Crippen molar-refractivity contribution in [2.75, 3.05) is 19.8 Å². The van der Waals surface area contributed by atoms with Crippen LogP contribution in [0.4, 0.5) is 0 Å². The third-order valence-corrected chi connectivity index (χ3v) is 8.32. The van der Waals surface area contributed by atoms with E-state index in [1.807, 2.05) is 23.7 Å². The average Bonchev–Trinajstić information content (AvgIpc) is 3.28. The predicted molar refractivity (Wildman–Crippen MR) is 138 cm³/mol. The molecule has 0 spiro atoms. The maximum Gasteiger partial charge on any atom is 0.385 e. The molecule has 3 aliphatic heterocycles. The number of hydrogen-bond donors (Lipinski definition) is 0. The van der Waals surface area contributed by atoms with E-state index in [9.17, 15) is 8.42 Å². The number of rotatable bonds is 0. The van der Waals surface area contributed by atoms with Crippen LogP contribution in [0.25, 0.3) is 11.0 Å². The van der Waals surface area contributed by atoms with Crippen molar-refractivity contribution in [2.24, 2.45) is 0 Å². The summed E-state index contributed by atoms with van der Waals surface area (Å²) in [5.41, 5.74) is 7.92. The zero-order chi connectivity index (χ0) is 25.6. The van der Waals surface area contributed by atoms with Gasteiger partial charge in [0, 0.05) is 18.7 Å². The summed E-state index contributed by atoms with van der Waals surface area (Å²) in [5, 5.41) is 8.77. The normalized spacial score (nSPS) is 19.4. The first-order valence-electron chi connectivity index (χ1n) is 12.3. The summed E-state index contributed by atoms with van der Waals surface area (Å²) in [4.78, 5) is 0. The molecule has 9 nitrogen and oxygen atoms in total. The Morgan fingerprint density at radius 3 is 2.65 bits per heavy atom. The fourth-order valence-corrected chi connectivity index (χ4v) is 5.96. The van der Waals surface area contributed by atoms with Crippen molar-refractivity contribution in [1.29, 1.82) is 0 Å². The van der Waals surface area contributed by atoms with E-state index in [0.29, 0.717) is 44.3 Å². The topological polar surface area (TPSA) is 95.8 Å². The molecule has 0 amide bonds. The lowest BCUT2D eigenvalue weighted by Gasteiger charge is -2.28. The second kappa shape index (κ2) is 9.44. The Hall–Kier alpha value is -3.47. The van der Waals surface area contributed by atoms with Crippen LogP contribution in [0.15, 0.2) is 48.5 Å². The van der Waals surface area contributed by atoms with Crippen LogP contribution in [0, 0.1) is 13.8 Å². The van der Waals surface area contributed by atoms with Crippen LogP contribution in [0.5, 0.6) is 11.5 Å². The van der Waals surface area contributed by atoms with Gasteiger partial charge in [-0.1, -0.05) is 29.5 Å². The highest BCUT2D eigenvalue weighted by Gasteiger charge is 2.32. The van der Waals surface area contributed by atoms with Gasteiger partial charge < -0.3 is 13.7 Å². The third kappa shape index (κ3) is 4.68. The zero-order valence-electron chi connectivity index (χ0n) is 20.8. The van der Waals surface area contributed by atoms with Crippen LogP contribution in [-0.2, 0) is 41.1 Å². The van der Waals surface area contributed by atoms with Gasteiger partial charge in [0.25, 0.3) is 0 Å². The van der Waals surface area contributed by atoms with Crippen LogP contribution in [-0.4, -0.2) is 47.5 Å². The van der Waals surface area contributed by atoms with Crippen LogP contribution in [0.2, 0.25) is 0 Å². The van der Waals surface area contributed by atoms with Crippen molar-refractivity contribution in [3.8, 4) is 11.5 Å². The van der Waals surface area contributed by atoms with E-state index in [1.165, 1.54) is 4.31 Å². The van der Waals surface area contributed by atoms with Crippen LogP contribution in [0.3, 0.4) is 0 Å². The van der Waals surface area contributed by atoms with Gasteiger partial charge in [-0.25, -0.2) is 4.68 Å². The summed E-state index contributed by atoms with van der Waals surface area (Å²) in [6.07, 6.45) is 0.706. The SMILES string of the molecule is Cc1ccc2cc1CN1Cc3cc(ccc3OS1(=O)=O)OCCOCCn1nnc3c(C)c(ccc31)C2. The maximum absolute atomic E-state index is 13.0. The first kappa shape index (κ1) is 23.9. The van der Waals surface area contributed by atoms with E-state index >= 15 is 0 Å². The van der Waals surface area contributed by atoms with Gasteiger partial charge in [0.15, 0.2) is 0 Å². The largest absolute Gasteiger partial charge is 0.491 e. The van der Waals surface area contributed by atoms with Crippen molar-refractivity contribution in [2.45, 2.75) is 39.9 Å². The first-order valence-corrected chi connectivity index (χ1v) is 13.7. The van der Waals surface area contributed by atoms with E-state index < -0.39 is 10.3 Å². The Kier molecular flexibility index (Phi) is 6.10. The Morgan fingerprint density at radius 1 is 0.892 bits per heavy atom. The van der Waals surface area contributed by atoms with Gasteiger partial charge in [0.05, 0.1) is 25.3 Å². The van der Waals surface area contributed by atoms with E-state index in [2.05, 4.69) is 41.5 Å². The highest BCUT2D eigenvalue weighted by Crippen LogP contribution is 2.33. The standard InChI is InChI=1S/C27H28N4O5S/c1-18-3-4-20-13-21-5-7-25-27(19(21)2)28-29-31(25)9-10-34-11-12-35-24-6-8-26-23(15-24)17-30(16-22(18)14-20)37(32,33)36-26/h3-8,14-15H,9-13,16-17H2,1-2H3. The van der Waals surface area contributed by atoms with E-state index in [1.54, 1.807) is 12.1 Å². The van der Waals surface area contributed by atoms with Gasteiger partial charge >= 0.3 is 10.3 Å². The number of aromatic nitrogens is 3. The van der Waals surface area contributed by atoms with E-state index in [0.717, 1.165) is 44.4 Å². The van der Waals surface area contributed by atoms with Gasteiger partial charge in [-0.2, -0.15) is 12.7 Å². The quantitative estimate of drug-likeness (QED) is 0.349. The van der Waals surface area contributed by atoms with Crippen molar-refractivity contribution < 1.29 is 22.1 Å². The summed E-state index contributed by atoms with van der Waals surface area (Å²) < 4.78 is 46.2. The number of nitrogens with zero attached hydrogens (tertiary/aromatic N) is 4. The zero-order valence-corrected chi connectivity index (χ0v) is 21.6. The molecule has 3 aliphatic rings. The molecular formula is C27H28N4O5S. The molecule has 1 aromatic heterocycles. The lowest BCUT2D eigenvalue weighted by molar-refractivity contribution is 0.0929. The van der Waals surface area contributed by atoms with Gasteiger partial charge in [-0.05, 0) is 72.4 Å². The van der Waals surface area contributed by atoms with Crippen molar-refractivity contribution >= 4 is 21.3 Å². The minimum absolute atomic E-state index is 0.208. The third-order valence-electron chi connectivity index (χ3n) is 7.04. The number of benzene rings is 3. The lowest BCUT2D eigenvalue weighted by atomic mass is 9.96. The van der Waals surface area contributed by atoms with Gasteiger partial charge in [-0.3, -0.25) is 0 Å². The Morgan fingerprint density at radius 2 is 1.76 bits per heavy atom. The Balaban J connectivity index is 1.38. The molecule has 37 heavy (non-hydrogen) atoms. The minimum Gasteiger partial charge on any atom is -0.491 e. The number of hydrogen-bond acceptors (Lipinski definition) is 7. The summed E-state index contributed by atoms with van der Waals surface area (Å²) in [5.74, 6) is 0.976. The molecule has 0 aliphatic carbocycles. The van der Waals surface area contributed by atoms with Crippen molar-refractivity contribution in [1.82, 2.24) is 19.3 Å². The van der Waals surface area contributed by atoms with Crippen molar-refractivity contribution in [3.63, 3.8) is 0 Å². The highest BCUT2D eigenvalue weighted by molar-refractivity contribution is 7.84. The second-order valence-electron chi connectivity index (χ2n) is 9.51. The molecule has 0 saturated heterocycles. The average molecular weight is 521 g/mol. The molecule has 0 radical (unpaired) electrons. The molecule has 9 bridgehead atoms. The monoisotopic (exact) mass is 520 g/mol. The molecular weight excluding hydrogens is 492 g/mol. The van der Waals surface area contributed by atoms with Gasteiger partial charge in [-0.15, -0.1) is 5.10 Å². The fraction of sp³-hybridized carbons (Fsp3) is 0.333. The summed E-state index contributed by atoms with van der Waals surface area (Å²) in [6.45, 7) is 6.35. The number of aryl methyl sites for hydroxylation is 2. The lowest BCUT2D eigenvalue weighted by Crippen LogP contribution is -2.37. The molecule has 1 atom stereocenters. The number of fused-ring (bicyclic) bond motifs is 6. The Bertz CT molecular complexity index is 1600. The molecule has 3 aromatic carbocycles. The Labute approximate surface area is 215 Å². The fourth-order valence-electron chi connectivity index (χ4n) is 4.87. The summed E-state index contributed by atoms with van der Waals surface area (Å²) >= 11 is 0. The molecule has 0 saturated carbocycles. The highest BCUT2D eigenvalue weighted by atomic mass is 32.2. The molecule has 4 aromatic rings. The van der Waals surface area contributed by atoms with Crippen LogP contribution < -0.4 is 8.92 Å². The summed E-state index contributed by atoms with van der Waals surface area (Å²) in [6, 6.07) is 15.6. The molecule has 0 N–H and O–H groups in total. The molecule has 1 unspecified atom stereocenters. The molecule has 4 heterocycles. The number of ether oxygens (including phenoxy) is 2. The van der Waals surface area contributed by atoms with Gasteiger partial charge in [0.1, 0.15) is 23.6 Å². The van der Waals surface area contributed by atoms with E-state index in [-0.39, 0.29) is 13.1 Å². The summed E-state index contributed by atoms with van der Waals surface area (Å²) in [7, 11) is -3.92. The van der Waals surface area contributed by atoms with Crippen molar-refractivity contribution in [3.05, 3.63) is 81.9 Å². The van der Waals surface area contributed by atoms with Crippen LogP contribution >= 0.6 is 0 Å². The maximum atomic E-state index is 13.0. The van der Waals surface area contributed by atoms with E-state index in [4.69, 9.17) is 13.7 Å². The van der Waals surface area contributed by atoms with Crippen LogP contribution in [0.1, 0.15) is 33.4 Å². The molecule has 192 valence electrons. The first-order chi connectivity index (χ1) is 17.9. The molecule has 7 rings (SSSR count).